The average Bonchev–Trinajstić information content (AvgIpc) is 3.42. The van der Waals surface area contributed by atoms with Gasteiger partial charge in [-0.1, -0.05) is 24.3 Å². The molecule has 2 aromatic carbocycles. The standard InChI is InChI=1S/C26H34BN3O4/c1-24(2,3)32-23(31)30-14-8-9-20(30)22-28-19-13-10-16-15-17(11-12-18(16)21(19)29-22)27-33-25(4,5)26(6,7)34-27/h10-13,15,20H,8-9,14H2,1-7H3,(H,28,29)/t20-/m0/s1. The van der Waals surface area contributed by atoms with Gasteiger partial charge in [0.1, 0.15) is 11.4 Å². The van der Waals surface area contributed by atoms with E-state index in [1.165, 1.54) is 0 Å². The lowest BCUT2D eigenvalue weighted by Gasteiger charge is -2.32. The third kappa shape index (κ3) is 3.97. The van der Waals surface area contributed by atoms with Crippen molar-refractivity contribution in [3.8, 4) is 0 Å². The lowest BCUT2D eigenvalue weighted by molar-refractivity contribution is 0.00578. The molecule has 1 amide bonds. The topological polar surface area (TPSA) is 76.7 Å². The number of nitrogens with zero attached hydrogens (tertiary/aromatic N) is 2. The molecule has 180 valence electrons. The number of hydrogen-bond acceptors (Lipinski definition) is 5. The maximum Gasteiger partial charge on any atom is 0.494 e. The lowest BCUT2D eigenvalue weighted by Crippen LogP contribution is -2.41. The van der Waals surface area contributed by atoms with Crippen molar-refractivity contribution in [3.63, 3.8) is 0 Å². The lowest BCUT2D eigenvalue weighted by atomic mass is 9.78. The third-order valence-electron chi connectivity index (χ3n) is 7.24. The molecule has 8 heteroatoms. The largest absolute Gasteiger partial charge is 0.494 e. The predicted molar refractivity (Wildman–Crippen MR) is 134 cm³/mol. The van der Waals surface area contributed by atoms with Crippen molar-refractivity contribution in [3.05, 3.63) is 36.2 Å². The first-order valence-corrected chi connectivity index (χ1v) is 12.1. The van der Waals surface area contributed by atoms with Crippen LogP contribution in [0.15, 0.2) is 30.3 Å². The zero-order valence-electron chi connectivity index (χ0n) is 21.2. The highest BCUT2D eigenvalue weighted by Gasteiger charge is 2.51. The summed E-state index contributed by atoms with van der Waals surface area (Å²) in [6.45, 7) is 14.6. The second-order valence-corrected chi connectivity index (χ2v) is 11.5. The first kappa shape index (κ1) is 23.2. The van der Waals surface area contributed by atoms with Crippen molar-refractivity contribution >= 4 is 40.5 Å². The number of hydrogen-bond donors (Lipinski definition) is 1. The fraction of sp³-hybridized carbons (Fsp3) is 0.538. The summed E-state index contributed by atoms with van der Waals surface area (Å²) in [5, 5.41) is 2.17. The number of carbonyl (C=O) groups excluding carboxylic acids is 1. The third-order valence-corrected chi connectivity index (χ3v) is 7.24. The van der Waals surface area contributed by atoms with Crippen LogP contribution in [0.1, 0.15) is 73.2 Å². The SMILES string of the molecule is CC(C)(C)OC(=O)N1CCC[C@H]1c1nc2ccc3cc(B4OC(C)(C)C(C)(C)O4)ccc3c2[nH]1. The summed E-state index contributed by atoms with van der Waals surface area (Å²) in [5.41, 5.74) is 1.58. The van der Waals surface area contributed by atoms with Crippen LogP contribution in [0.5, 0.6) is 0 Å². The van der Waals surface area contributed by atoms with Crippen molar-refractivity contribution in [1.82, 2.24) is 14.9 Å². The van der Waals surface area contributed by atoms with Crippen LogP contribution in [-0.4, -0.2) is 51.4 Å². The molecular formula is C26H34BN3O4. The molecule has 1 N–H and O–H groups in total. The van der Waals surface area contributed by atoms with Gasteiger partial charge in [-0.05, 0) is 78.2 Å². The highest BCUT2D eigenvalue weighted by Crippen LogP contribution is 2.37. The molecule has 5 rings (SSSR count). The monoisotopic (exact) mass is 463 g/mol. The van der Waals surface area contributed by atoms with E-state index in [4.69, 9.17) is 19.0 Å². The van der Waals surface area contributed by atoms with Gasteiger partial charge in [0.2, 0.25) is 0 Å². The Morgan fingerprint density at radius 1 is 1.15 bits per heavy atom. The van der Waals surface area contributed by atoms with E-state index in [0.29, 0.717) is 6.54 Å². The molecule has 34 heavy (non-hydrogen) atoms. The van der Waals surface area contributed by atoms with Crippen molar-refractivity contribution in [2.24, 2.45) is 0 Å². The maximum atomic E-state index is 12.8. The Morgan fingerprint density at radius 3 is 2.53 bits per heavy atom. The van der Waals surface area contributed by atoms with Crippen LogP contribution >= 0.6 is 0 Å². The Bertz CT molecular complexity index is 1240. The maximum absolute atomic E-state index is 12.8. The minimum absolute atomic E-state index is 0.110. The van der Waals surface area contributed by atoms with Crippen molar-refractivity contribution in [2.45, 2.75) is 84.2 Å². The Morgan fingerprint density at radius 2 is 1.85 bits per heavy atom. The number of aromatic amines is 1. The Balaban J connectivity index is 1.46. The van der Waals surface area contributed by atoms with E-state index in [2.05, 4.69) is 56.9 Å². The van der Waals surface area contributed by atoms with Gasteiger partial charge >= 0.3 is 13.2 Å². The summed E-state index contributed by atoms with van der Waals surface area (Å²) >= 11 is 0. The quantitative estimate of drug-likeness (QED) is 0.536. The summed E-state index contributed by atoms with van der Waals surface area (Å²) < 4.78 is 18.1. The van der Waals surface area contributed by atoms with Crippen molar-refractivity contribution in [2.75, 3.05) is 6.54 Å². The van der Waals surface area contributed by atoms with E-state index >= 15 is 0 Å². The van der Waals surface area contributed by atoms with E-state index in [0.717, 1.165) is 45.9 Å². The molecule has 0 aliphatic carbocycles. The number of amides is 1. The highest BCUT2D eigenvalue weighted by molar-refractivity contribution is 6.62. The number of aromatic nitrogens is 2. The zero-order valence-corrected chi connectivity index (χ0v) is 21.2. The number of fused-ring (bicyclic) bond motifs is 3. The number of carbonyl (C=O) groups is 1. The second kappa shape index (κ2) is 7.72. The molecular weight excluding hydrogens is 429 g/mol. The van der Waals surface area contributed by atoms with Gasteiger partial charge < -0.3 is 19.0 Å². The Labute approximate surface area is 201 Å². The molecule has 7 nitrogen and oxygen atoms in total. The second-order valence-electron chi connectivity index (χ2n) is 11.5. The molecule has 1 atom stereocenters. The molecule has 0 spiro atoms. The first-order valence-electron chi connectivity index (χ1n) is 12.1. The number of H-pyrrole nitrogens is 1. The van der Waals surface area contributed by atoms with Gasteiger partial charge in [0, 0.05) is 11.9 Å². The van der Waals surface area contributed by atoms with Gasteiger partial charge in [-0.3, -0.25) is 4.90 Å². The summed E-state index contributed by atoms with van der Waals surface area (Å²) in [7, 11) is -0.400. The van der Waals surface area contributed by atoms with Gasteiger partial charge in [-0.2, -0.15) is 0 Å². The predicted octanol–water partition coefficient (Wildman–Crippen LogP) is 5.09. The van der Waals surface area contributed by atoms with Crippen molar-refractivity contribution < 1.29 is 18.8 Å². The smallest absolute Gasteiger partial charge is 0.444 e. The number of benzene rings is 2. The molecule has 3 aromatic rings. The number of likely N-dealkylation sites (tertiary alicyclic amines) is 1. The number of rotatable bonds is 2. The van der Waals surface area contributed by atoms with Gasteiger partial charge in [0.05, 0.1) is 28.3 Å². The number of ether oxygens (including phenoxy) is 1. The number of imidazole rings is 1. The minimum atomic E-state index is -0.525. The Hall–Kier alpha value is -2.58. The zero-order chi connectivity index (χ0) is 24.5. The van der Waals surface area contributed by atoms with Gasteiger partial charge in [0.15, 0.2) is 0 Å². The van der Waals surface area contributed by atoms with Crippen LogP contribution in [0.2, 0.25) is 0 Å². The Kier molecular flexibility index (Phi) is 5.26. The van der Waals surface area contributed by atoms with Gasteiger partial charge in [-0.15, -0.1) is 0 Å². The summed E-state index contributed by atoms with van der Waals surface area (Å²) in [5.74, 6) is 0.806. The van der Waals surface area contributed by atoms with Crippen LogP contribution in [0, 0.1) is 0 Å². The highest BCUT2D eigenvalue weighted by atomic mass is 16.7. The molecule has 0 saturated carbocycles. The fourth-order valence-corrected chi connectivity index (χ4v) is 4.72. The molecule has 0 unspecified atom stereocenters. The average molecular weight is 463 g/mol. The minimum Gasteiger partial charge on any atom is -0.444 e. The van der Waals surface area contributed by atoms with Gasteiger partial charge in [0.25, 0.3) is 0 Å². The molecule has 2 aliphatic heterocycles. The summed E-state index contributed by atoms with van der Waals surface area (Å²) in [4.78, 5) is 22.9. The van der Waals surface area contributed by atoms with E-state index < -0.39 is 12.7 Å². The first-order chi connectivity index (χ1) is 15.8. The molecule has 2 aliphatic rings. The van der Waals surface area contributed by atoms with Crippen LogP contribution in [0.25, 0.3) is 21.8 Å². The van der Waals surface area contributed by atoms with E-state index in [9.17, 15) is 4.79 Å². The van der Waals surface area contributed by atoms with Crippen molar-refractivity contribution in [1.29, 1.82) is 0 Å². The fourth-order valence-electron chi connectivity index (χ4n) is 4.72. The van der Waals surface area contributed by atoms with Crippen LogP contribution < -0.4 is 5.46 Å². The van der Waals surface area contributed by atoms with E-state index in [1.54, 1.807) is 4.90 Å². The number of nitrogens with one attached hydrogen (secondary N) is 1. The van der Waals surface area contributed by atoms with Crippen LogP contribution in [0.4, 0.5) is 4.79 Å². The normalized spacial score (nSPS) is 22.1. The molecule has 2 fully saturated rings. The molecule has 1 aromatic heterocycles. The molecule has 2 saturated heterocycles. The van der Waals surface area contributed by atoms with E-state index in [1.807, 2.05) is 26.8 Å². The summed E-state index contributed by atoms with van der Waals surface area (Å²) in [6, 6.07) is 10.3. The molecule has 3 heterocycles. The molecule has 0 radical (unpaired) electrons. The summed E-state index contributed by atoms with van der Waals surface area (Å²) in [6.07, 6.45) is 1.51. The molecule has 0 bridgehead atoms. The van der Waals surface area contributed by atoms with Crippen LogP contribution in [-0.2, 0) is 14.0 Å². The van der Waals surface area contributed by atoms with Crippen LogP contribution in [0.3, 0.4) is 0 Å². The van der Waals surface area contributed by atoms with Gasteiger partial charge in [-0.25, -0.2) is 9.78 Å². The van der Waals surface area contributed by atoms with E-state index in [-0.39, 0.29) is 23.3 Å².